The normalized spacial score (nSPS) is 23.2. The van der Waals surface area contributed by atoms with Crippen LogP contribution in [0.5, 0.6) is 0 Å². The van der Waals surface area contributed by atoms with E-state index in [4.69, 9.17) is 5.11 Å². The van der Waals surface area contributed by atoms with Crippen LogP contribution < -0.4 is 5.32 Å². The highest BCUT2D eigenvalue weighted by Gasteiger charge is 2.33. The Kier molecular flexibility index (Phi) is 6.08. The van der Waals surface area contributed by atoms with E-state index >= 15 is 0 Å². The molecule has 1 aliphatic heterocycles. The van der Waals surface area contributed by atoms with Crippen LogP contribution in [0.3, 0.4) is 0 Å². The van der Waals surface area contributed by atoms with Crippen LogP contribution in [0.1, 0.15) is 26.2 Å². The molecular formula is C13H25N3O3. The minimum atomic E-state index is -0.749. The summed E-state index contributed by atoms with van der Waals surface area (Å²) in [7, 11) is 3.69. The number of amides is 2. The van der Waals surface area contributed by atoms with E-state index in [1.54, 1.807) is 16.8 Å². The molecule has 0 aromatic rings. The van der Waals surface area contributed by atoms with E-state index < -0.39 is 5.97 Å². The van der Waals surface area contributed by atoms with E-state index in [-0.39, 0.29) is 18.0 Å². The molecule has 2 unspecified atom stereocenters. The Morgan fingerprint density at radius 1 is 1.47 bits per heavy atom. The van der Waals surface area contributed by atoms with E-state index in [1.165, 1.54) is 0 Å². The quantitative estimate of drug-likeness (QED) is 0.727. The summed E-state index contributed by atoms with van der Waals surface area (Å²) >= 11 is 0. The fourth-order valence-corrected chi connectivity index (χ4v) is 2.49. The predicted octanol–water partition coefficient (Wildman–Crippen LogP) is 0.833. The number of carboxylic acids is 1. The Bertz CT molecular complexity index is 322. The number of likely N-dealkylation sites (tertiary alicyclic amines) is 1. The maximum atomic E-state index is 12.3. The van der Waals surface area contributed by atoms with Gasteiger partial charge in [-0.2, -0.15) is 0 Å². The molecule has 1 heterocycles. The van der Waals surface area contributed by atoms with Gasteiger partial charge in [0.05, 0.1) is 5.92 Å². The molecule has 2 N–H and O–H groups in total. The average molecular weight is 271 g/mol. The topological polar surface area (TPSA) is 72.9 Å². The minimum absolute atomic E-state index is 0.00546. The van der Waals surface area contributed by atoms with Crippen molar-refractivity contribution in [3.63, 3.8) is 0 Å². The van der Waals surface area contributed by atoms with Crippen LogP contribution in [0.15, 0.2) is 0 Å². The number of aliphatic carboxylic acids is 1. The van der Waals surface area contributed by atoms with Gasteiger partial charge >= 0.3 is 12.0 Å². The van der Waals surface area contributed by atoms with Gasteiger partial charge in [0.2, 0.25) is 0 Å². The molecular weight excluding hydrogens is 246 g/mol. The third-order valence-electron chi connectivity index (χ3n) is 3.72. The zero-order valence-electron chi connectivity index (χ0n) is 12.1. The third-order valence-corrected chi connectivity index (χ3v) is 3.72. The molecule has 6 nitrogen and oxygen atoms in total. The Labute approximate surface area is 114 Å². The molecule has 110 valence electrons. The molecule has 1 rings (SSSR count). The van der Waals surface area contributed by atoms with Crippen LogP contribution in [0.25, 0.3) is 0 Å². The summed E-state index contributed by atoms with van der Waals surface area (Å²) in [6.07, 6.45) is 2.01. The van der Waals surface area contributed by atoms with Crippen LogP contribution in [0.4, 0.5) is 4.79 Å². The Morgan fingerprint density at radius 2 is 2.16 bits per heavy atom. The second kappa shape index (κ2) is 7.33. The van der Waals surface area contributed by atoms with Crippen LogP contribution in [-0.4, -0.2) is 66.7 Å². The lowest BCUT2D eigenvalue weighted by Crippen LogP contribution is -2.50. The van der Waals surface area contributed by atoms with Crippen molar-refractivity contribution in [2.24, 2.45) is 5.92 Å². The van der Waals surface area contributed by atoms with Crippen molar-refractivity contribution in [1.82, 2.24) is 15.1 Å². The number of piperidine rings is 1. The highest BCUT2D eigenvalue weighted by atomic mass is 16.4. The zero-order chi connectivity index (χ0) is 14.4. The monoisotopic (exact) mass is 271 g/mol. The number of urea groups is 1. The lowest BCUT2D eigenvalue weighted by Gasteiger charge is -2.38. The van der Waals surface area contributed by atoms with Crippen molar-refractivity contribution in [3.8, 4) is 0 Å². The van der Waals surface area contributed by atoms with Gasteiger partial charge in [0.25, 0.3) is 0 Å². The summed E-state index contributed by atoms with van der Waals surface area (Å²) in [6.45, 7) is 4.06. The molecule has 0 aliphatic carbocycles. The van der Waals surface area contributed by atoms with Gasteiger partial charge in [-0.15, -0.1) is 0 Å². The number of nitrogens with one attached hydrogen (secondary N) is 1. The van der Waals surface area contributed by atoms with Gasteiger partial charge in [0.1, 0.15) is 0 Å². The number of nitrogens with zero attached hydrogens (tertiary/aromatic N) is 2. The van der Waals surface area contributed by atoms with E-state index in [0.717, 1.165) is 13.0 Å². The maximum Gasteiger partial charge on any atom is 0.319 e. The number of rotatable bonds is 5. The largest absolute Gasteiger partial charge is 0.481 e. The van der Waals surface area contributed by atoms with Gasteiger partial charge in [-0.1, -0.05) is 0 Å². The molecule has 19 heavy (non-hydrogen) atoms. The van der Waals surface area contributed by atoms with Gasteiger partial charge < -0.3 is 20.2 Å². The molecule has 6 heteroatoms. The first-order valence-corrected chi connectivity index (χ1v) is 6.86. The van der Waals surface area contributed by atoms with Crippen molar-refractivity contribution >= 4 is 12.0 Å². The number of carbonyl (C=O) groups excluding carboxylic acids is 1. The number of hydrogen-bond acceptors (Lipinski definition) is 3. The summed E-state index contributed by atoms with van der Waals surface area (Å²) < 4.78 is 0. The highest BCUT2D eigenvalue weighted by molar-refractivity contribution is 5.75. The van der Waals surface area contributed by atoms with Gasteiger partial charge in [0.15, 0.2) is 0 Å². The van der Waals surface area contributed by atoms with Gasteiger partial charge in [0, 0.05) is 26.2 Å². The highest BCUT2D eigenvalue weighted by Crippen LogP contribution is 2.23. The first-order valence-electron chi connectivity index (χ1n) is 6.86. The van der Waals surface area contributed by atoms with Crippen LogP contribution >= 0.6 is 0 Å². The minimum Gasteiger partial charge on any atom is -0.481 e. The summed E-state index contributed by atoms with van der Waals surface area (Å²) in [5.74, 6) is -1.06. The summed E-state index contributed by atoms with van der Waals surface area (Å²) in [4.78, 5) is 26.7. The average Bonchev–Trinajstić information content (AvgIpc) is 2.37. The molecule has 1 aliphatic rings. The predicted molar refractivity (Wildman–Crippen MR) is 73.1 cm³/mol. The van der Waals surface area contributed by atoms with E-state index in [9.17, 15) is 9.59 Å². The maximum absolute atomic E-state index is 12.3. The van der Waals surface area contributed by atoms with Gasteiger partial charge in [-0.3, -0.25) is 4.79 Å². The second-order valence-corrected chi connectivity index (χ2v) is 5.26. The molecule has 0 aromatic carbocycles. The Balaban J connectivity index is 2.47. The SMILES string of the molecule is CNCCCN(C)C(=O)N1CCC(C(=O)O)CC1C. The van der Waals surface area contributed by atoms with Crippen LogP contribution in [-0.2, 0) is 4.79 Å². The molecule has 2 amide bonds. The summed E-state index contributed by atoms with van der Waals surface area (Å²) in [6, 6.07) is 0.00143. The fourth-order valence-electron chi connectivity index (χ4n) is 2.49. The molecule has 0 aromatic heterocycles. The van der Waals surface area contributed by atoms with E-state index in [1.807, 2.05) is 14.0 Å². The molecule has 1 saturated heterocycles. The van der Waals surface area contributed by atoms with Crippen LogP contribution in [0.2, 0.25) is 0 Å². The zero-order valence-corrected chi connectivity index (χ0v) is 12.1. The number of carbonyl (C=O) groups is 2. The van der Waals surface area contributed by atoms with Crippen molar-refractivity contribution in [3.05, 3.63) is 0 Å². The number of hydrogen-bond donors (Lipinski definition) is 2. The Hall–Kier alpha value is -1.30. The standard InChI is InChI=1S/C13H25N3O3/c1-10-9-11(12(17)18)5-8-16(10)13(19)15(3)7-4-6-14-2/h10-11,14H,4-9H2,1-3H3,(H,17,18). The van der Waals surface area contributed by atoms with E-state index in [2.05, 4.69) is 5.32 Å². The third kappa shape index (κ3) is 4.38. The van der Waals surface area contributed by atoms with Crippen molar-refractivity contribution in [2.45, 2.75) is 32.2 Å². The van der Waals surface area contributed by atoms with Gasteiger partial charge in [-0.25, -0.2) is 4.79 Å². The molecule has 0 saturated carbocycles. The first kappa shape index (κ1) is 15.8. The van der Waals surface area contributed by atoms with Crippen LogP contribution in [0, 0.1) is 5.92 Å². The Morgan fingerprint density at radius 3 is 2.68 bits per heavy atom. The number of carboxylic acid groups (broad SMARTS) is 1. The fraction of sp³-hybridized carbons (Fsp3) is 0.846. The molecule has 0 bridgehead atoms. The smallest absolute Gasteiger partial charge is 0.319 e. The molecule has 0 radical (unpaired) electrons. The first-order chi connectivity index (χ1) is 8.97. The van der Waals surface area contributed by atoms with Crippen molar-refractivity contribution in [1.29, 1.82) is 0 Å². The second-order valence-electron chi connectivity index (χ2n) is 5.26. The molecule has 0 spiro atoms. The van der Waals surface area contributed by atoms with Crippen molar-refractivity contribution in [2.75, 3.05) is 33.7 Å². The summed E-state index contributed by atoms with van der Waals surface area (Å²) in [5, 5.41) is 12.1. The summed E-state index contributed by atoms with van der Waals surface area (Å²) in [5.41, 5.74) is 0. The molecule has 1 fully saturated rings. The van der Waals surface area contributed by atoms with Gasteiger partial charge in [-0.05, 0) is 39.8 Å². The molecule has 2 atom stereocenters. The van der Waals surface area contributed by atoms with E-state index in [0.29, 0.717) is 25.9 Å². The lowest BCUT2D eigenvalue weighted by atomic mass is 9.92. The van der Waals surface area contributed by atoms with Crippen molar-refractivity contribution < 1.29 is 14.7 Å². The lowest BCUT2D eigenvalue weighted by molar-refractivity contribution is -0.143.